The summed E-state index contributed by atoms with van der Waals surface area (Å²) in [5.41, 5.74) is 2.52. The highest BCUT2D eigenvalue weighted by atomic mass is 16.5. The number of carbonyl (C=O) groups excluding carboxylic acids is 1. The quantitative estimate of drug-likeness (QED) is 0.794. The molecule has 0 spiro atoms. The molecule has 0 heterocycles. The molecule has 0 aliphatic heterocycles. The monoisotopic (exact) mass is 313 g/mol. The summed E-state index contributed by atoms with van der Waals surface area (Å²) >= 11 is 0. The summed E-state index contributed by atoms with van der Waals surface area (Å²) in [6.07, 6.45) is 0. The van der Waals surface area contributed by atoms with E-state index in [9.17, 15) is 4.79 Å². The fourth-order valence-electron chi connectivity index (χ4n) is 2.14. The van der Waals surface area contributed by atoms with Gasteiger partial charge in [0.05, 0.1) is 7.11 Å². The minimum Gasteiger partial charge on any atom is -0.488 e. The van der Waals surface area contributed by atoms with Gasteiger partial charge in [0.1, 0.15) is 17.9 Å². The summed E-state index contributed by atoms with van der Waals surface area (Å²) in [5.74, 6) is 0.147. The van der Waals surface area contributed by atoms with Gasteiger partial charge in [-0.25, -0.2) is 4.79 Å². The lowest BCUT2D eigenvalue weighted by molar-refractivity contribution is 0.0595. The Kier molecular flexibility index (Phi) is 6.18. The van der Waals surface area contributed by atoms with Crippen molar-refractivity contribution in [2.45, 2.75) is 33.0 Å². The number of esters is 1. The van der Waals surface area contributed by atoms with E-state index in [4.69, 9.17) is 9.47 Å². The van der Waals surface area contributed by atoms with Crippen LogP contribution in [-0.4, -0.2) is 19.1 Å². The minimum atomic E-state index is -0.389. The van der Waals surface area contributed by atoms with Crippen molar-refractivity contribution in [2.24, 2.45) is 0 Å². The molecule has 0 atom stereocenters. The number of hydrogen-bond acceptors (Lipinski definition) is 4. The molecule has 4 nitrogen and oxygen atoms in total. The highest BCUT2D eigenvalue weighted by molar-refractivity contribution is 5.92. The van der Waals surface area contributed by atoms with Gasteiger partial charge in [-0.2, -0.15) is 0 Å². The molecule has 0 unspecified atom stereocenters. The van der Waals surface area contributed by atoms with Crippen LogP contribution in [0.1, 0.15) is 35.3 Å². The molecule has 0 saturated heterocycles. The molecule has 2 aromatic carbocycles. The van der Waals surface area contributed by atoms with Gasteiger partial charge in [0.2, 0.25) is 0 Å². The Labute approximate surface area is 137 Å². The molecule has 0 aromatic heterocycles. The summed E-state index contributed by atoms with van der Waals surface area (Å²) in [6.45, 7) is 5.27. The SMILES string of the molecule is COC(=O)c1cc(CNC(C)C)ccc1OCc1ccccc1. The van der Waals surface area contributed by atoms with E-state index in [0.29, 0.717) is 30.5 Å². The Bertz CT molecular complexity index is 638. The molecule has 122 valence electrons. The van der Waals surface area contributed by atoms with Crippen LogP contribution in [0.2, 0.25) is 0 Å². The minimum absolute atomic E-state index is 0.380. The molecule has 2 rings (SSSR count). The molecule has 0 fully saturated rings. The molecule has 23 heavy (non-hydrogen) atoms. The Morgan fingerprint density at radius 2 is 1.83 bits per heavy atom. The molecule has 0 aliphatic carbocycles. The van der Waals surface area contributed by atoms with Gasteiger partial charge in [0, 0.05) is 12.6 Å². The number of carbonyl (C=O) groups is 1. The van der Waals surface area contributed by atoms with Gasteiger partial charge in [0.15, 0.2) is 0 Å². The van der Waals surface area contributed by atoms with Gasteiger partial charge in [-0.3, -0.25) is 0 Å². The highest BCUT2D eigenvalue weighted by Gasteiger charge is 2.14. The van der Waals surface area contributed by atoms with Crippen molar-refractivity contribution in [3.05, 3.63) is 65.2 Å². The van der Waals surface area contributed by atoms with E-state index in [1.165, 1.54) is 7.11 Å². The Balaban J connectivity index is 2.15. The summed E-state index contributed by atoms with van der Waals surface area (Å²) in [4.78, 5) is 12.0. The first kappa shape index (κ1) is 17.0. The number of methoxy groups -OCH3 is 1. The second kappa shape index (κ2) is 8.34. The lowest BCUT2D eigenvalue weighted by atomic mass is 10.1. The normalized spacial score (nSPS) is 10.6. The van der Waals surface area contributed by atoms with Gasteiger partial charge in [-0.1, -0.05) is 50.2 Å². The maximum atomic E-state index is 12.0. The van der Waals surface area contributed by atoms with Crippen molar-refractivity contribution < 1.29 is 14.3 Å². The van der Waals surface area contributed by atoms with Crippen LogP contribution in [0.3, 0.4) is 0 Å². The highest BCUT2D eigenvalue weighted by Crippen LogP contribution is 2.22. The predicted octanol–water partition coefficient (Wildman–Crippen LogP) is 3.55. The zero-order valence-corrected chi connectivity index (χ0v) is 13.8. The van der Waals surface area contributed by atoms with Crippen molar-refractivity contribution in [2.75, 3.05) is 7.11 Å². The lowest BCUT2D eigenvalue weighted by Crippen LogP contribution is -2.22. The van der Waals surface area contributed by atoms with E-state index >= 15 is 0 Å². The van der Waals surface area contributed by atoms with Crippen LogP contribution in [0.15, 0.2) is 48.5 Å². The zero-order valence-electron chi connectivity index (χ0n) is 13.8. The second-order valence-electron chi connectivity index (χ2n) is 5.63. The molecule has 0 aliphatic rings. The van der Waals surface area contributed by atoms with Gasteiger partial charge >= 0.3 is 5.97 Å². The lowest BCUT2D eigenvalue weighted by Gasteiger charge is -2.13. The summed E-state index contributed by atoms with van der Waals surface area (Å²) in [7, 11) is 1.38. The third-order valence-corrected chi connectivity index (χ3v) is 3.40. The van der Waals surface area contributed by atoms with Crippen molar-refractivity contribution >= 4 is 5.97 Å². The molecule has 0 saturated carbocycles. The molecule has 0 amide bonds. The molecule has 1 N–H and O–H groups in total. The second-order valence-corrected chi connectivity index (χ2v) is 5.63. The first-order chi connectivity index (χ1) is 11.1. The Morgan fingerprint density at radius 1 is 1.09 bits per heavy atom. The largest absolute Gasteiger partial charge is 0.488 e. The van der Waals surface area contributed by atoms with Crippen LogP contribution in [0.4, 0.5) is 0 Å². The van der Waals surface area contributed by atoms with Gasteiger partial charge in [0.25, 0.3) is 0 Å². The molecule has 0 bridgehead atoms. The number of nitrogens with one attached hydrogen (secondary N) is 1. The third-order valence-electron chi connectivity index (χ3n) is 3.40. The first-order valence-corrected chi connectivity index (χ1v) is 7.71. The number of hydrogen-bond donors (Lipinski definition) is 1. The van der Waals surface area contributed by atoms with E-state index in [1.807, 2.05) is 48.5 Å². The smallest absolute Gasteiger partial charge is 0.341 e. The van der Waals surface area contributed by atoms with Crippen molar-refractivity contribution in [3.63, 3.8) is 0 Å². The predicted molar refractivity (Wildman–Crippen MR) is 90.5 cm³/mol. The number of benzene rings is 2. The van der Waals surface area contributed by atoms with E-state index in [-0.39, 0.29) is 5.97 Å². The third kappa shape index (κ3) is 5.11. The maximum Gasteiger partial charge on any atom is 0.341 e. The van der Waals surface area contributed by atoms with Gasteiger partial charge in [-0.05, 0) is 23.3 Å². The Morgan fingerprint density at radius 3 is 2.48 bits per heavy atom. The molecular formula is C19H23NO3. The molecule has 2 aromatic rings. The molecule has 0 radical (unpaired) electrons. The van der Waals surface area contributed by atoms with Gasteiger partial charge < -0.3 is 14.8 Å². The first-order valence-electron chi connectivity index (χ1n) is 7.71. The van der Waals surface area contributed by atoms with Crippen LogP contribution in [0, 0.1) is 0 Å². The van der Waals surface area contributed by atoms with Crippen LogP contribution >= 0.6 is 0 Å². The van der Waals surface area contributed by atoms with E-state index in [0.717, 1.165) is 11.1 Å². The number of ether oxygens (including phenoxy) is 2. The average molecular weight is 313 g/mol. The molecule has 4 heteroatoms. The van der Waals surface area contributed by atoms with E-state index in [2.05, 4.69) is 19.2 Å². The summed E-state index contributed by atoms with van der Waals surface area (Å²) < 4.78 is 10.7. The topological polar surface area (TPSA) is 47.6 Å². The fraction of sp³-hybridized carbons (Fsp3) is 0.316. The summed E-state index contributed by atoms with van der Waals surface area (Å²) in [5, 5.41) is 3.33. The standard InChI is InChI=1S/C19H23NO3/c1-14(2)20-12-16-9-10-18(17(11-16)19(21)22-3)23-13-15-7-5-4-6-8-15/h4-11,14,20H,12-13H2,1-3H3. The van der Waals surface area contributed by atoms with Crippen LogP contribution < -0.4 is 10.1 Å². The summed E-state index contributed by atoms with van der Waals surface area (Å²) in [6, 6.07) is 15.8. The van der Waals surface area contributed by atoms with Crippen molar-refractivity contribution in [1.29, 1.82) is 0 Å². The zero-order chi connectivity index (χ0) is 16.7. The fourth-order valence-corrected chi connectivity index (χ4v) is 2.14. The maximum absolute atomic E-state index is 12.0. The Hall–Kier alpha value is -2.33. The van der Waals surface area contributed by atoms with Crippen LogP contribution in [0.25, 0.3) is 0 Å². The van der Waals surface area contributed by atoms with Crippen molar-refractivity contribution in [3.8, 4) is 5.75 Å². The van der Waals surface area contributed by atoms with Crippen LogP contribution in [-0.2, 0) is 17.9 Å². The molecular weight excluding hydrogens is 290 g/mol. The van der Waals surface area contributed by atoms with Gasteiger partial charge in [-0.15, -0.1) is 0 Å². The van der Waals surface area contributed by atoms with Crippen molar-refractivity contribution in [1.82, 2.24) is 5.32 Å². The average Bonchev–Trinajstić information content (AvgIpc) is 2.58. The van der Waals surface area contributed by atoms with E-state index < -0.39 is 0 Å². The number of rotatable bonds is 7. The van der Waals surface area contributed by atoms with E-state index in [1.54, 1.807) is 0 Å². The van der Waals surface area contributed by atoms with Crippen LogP contribution in [0.5, 0.6) is 5.75 Å².